The van der Waals surface area contributed by atoms with Crippen LogP contribution in [0.25, 0.3) is 11.0 Å². The van der Waals surface area contributed by atoms with E-state index in [0.29, 0.717) is 23.4 Å². The number of para-hydroxylation sites is 2. The zero-order valence-corrected chi connectivity index (χ0v) is 17.5. The summed E-state index contributed by atoms with van der Waals surface area (Å²) < 4.78 is 28.3. The summed E-state index contributed by atoms with van der Waals surface area (Å²) in [5, 5.41) is 2.89. The number of thiazole rings is 1. The number of fused-ring (bicyclic) bond motifs is 1. The molecule has 0 aliphatic rings. The molecule has 0 unspecified atom stereocenters. The standard InChI is InChI=1S/C20H19N5O2S2/c1-14-13-28-18(21-14)12-25(2)20-19(22-16-10-6-7-11-17(16)23-20)24-29(26,27)15-8-4-3-5-9-15/h3-11,13H,12H2,1-2H3,(H,22,24). The maximum atomic E-state index is 12.9. The smallest absolute Gasteiger partial charge is 0.263 e. The lowest BCUT2D eigenvalue weighted by molar-refractivity contribution is 0.601. The topological polar surface area (TPSA) is 88.1 Å². The number of rotatable bonds is 6. The Labute approximate surface area is 173 Å². The molecule has 0 saturated heterocycles. The monoisotopic (exact) mass is 425 g/mol. The van der Waals surface area contributed by atoms with Crippen molar-refractivity contribution in [2.45, 2.75) is 18.4 Å². The average molecular weight is 426 g/mol. The Bertz CT molecular complexity index is 1260. The van der Waals surface area contributed by atoms with Crippen molar-refractivity contribution in [3.8, 4) is 0 Å². The molecule has 0 radical (unpaired) electrons. The molecule has 0 aliphatic carbocycles. The van der Waals surface area contributed by atoms with Crippen molar-refractivity contribution >= 4 is 44.0 Å². The van der Waals surface area contributed by atoms with E-state index in [9.17, 15) is 8.42 Å². The highest BCUT2D eigenvalue weighted by Crippen LogP contribution is 2.28. The molecule has 0 atom stereocenters. The Morgan fingerprint density at radius 1 is 0.966 bits per heavy atom. The number of aryl methyl sites for hydroxylation is 1. The molecule has 0 bridgehead atoms. The molecule has 7 nitrogen and oxygen atoms in total. The third-order valence-corrected chi connectivity index (χ3v) is 6.54. The Morgan fingerprint density at radius 2 is 1.62 bits per heavy atom. The van der Waals surface area contributed by atoms with Gasteiger partial charge in [-0.2, -0.15) is 0 Å². The zero-order valence-electron chi connectivity index (χ0n) is 15.9. The number of benzene rings is 2. The van der Waals surface area contributed by atoms with Gasteiger partial charge in [0.1, 0.15) is 5.01 Å². The molecule has 2 aromatic carbocycles. The zero-order chi connectivity index (χ0) is 20.4. The van der Waals surface area contributed by atoms with Crippen molar-refractivity contribution in [2.75, 3.05) is 16.7 Å². The molecular formula is C20H19N5O2S2. The van der Waals surface area contributed by atoms with Gasteiger partial charge in [-0.05, 0) is 31.2 Å². The van der Waals surface area contributed by atoms with E-state index in [2.05, 4.69) is 19.7 Å². The van der Waals surface area contributed by atoms with Crippen LogP contribution in [-0.4, -0.2) is 30.4 Å². The maximum Gasteiger partial charge on any atom is 0.263 e. The Morgan fingerprint density at radius 3 is 2.28 bits per heavy atom. The van der Waals surface area contributed by atoms with Crippen LogP contribution in [0.3, 0.4) is 0 Å². The van der Waals surface area contributed by atoms with Gasteiger partial charge < -0.3 is 4.90 Å². The molecule has 0 aliphatic heterocycles. The molecule has 1 N–H and O–H groups in total. The van der Waals surface area contributed by atoms with Crippen LogP contribution in [0.1, 0.15) is 10.7 Å². The number of aromatic nitrogens is 3. The predicted octanol–water partition coefficient (Wildman–Crippen LogP) is 3.83. The van der Waals surface area contributed by atoms with Gasteiger partial charge in [-0.3, -0.25) is 4.72 Å². The van der Waals surface area contributed by atoms with Gasteiger partial charge in [0.05, 0.1) is 22.5 Å². The fourth-order valence-corrected chi connectivity index (χ4v) is 4.71. The molecule has 0 fully saturated rings. The lowest BCUT2D eigenvalue weighted by atomic mass is 10.3. The molecule has 9 heteroatoms. The first-order chi connectivity index (χ1) is 13.9. The minimum Gasteiger partial charge on any atom is -0.350 e. The Balaban J connectivity index is 1.76. The van der Waals surface area contributed by atoms with Crippen molar-refractivity contribution in [3.05, 3.63) is 70.7 Å². The van der Waals surface area contributed by atoms with Crippen LogP contribution in [-0.2, 0) is 16.6 Å². The SMILES string of the molecule is Cc1csc(CN(C)c2nc3ccccc3nc2NS(=O)(=O)c2ccccc2)n1. The lowest BCUT2D eigenvalue weighted by Gasteiger charge is -2.20. The van der Waals surface area contributed by atoms with Crippen molar-refractivity contribution in [1.82, 2.24) is 15.0 Å². The normalized spacial score (nSPS) is 11.5. The van der Waals surface area contributed by atoms with Crippen LogP contribution in [0.2, 0.25) is 0 Å². The van der Waals surface area contributed by atoms with Gasteiger partial charge in [-0.1, -0.05) is 30.3 Å². The summed E-state index contributed by atoms with van der Waals surface area (Å²) in [5.74, 6) is 0.624. The van der Waals surface area contributed by atoms with Crippen molar-refractivity contribution in [1.29, 1.82) is 0 Å². The fraction of sp³-hybridized carbons (Fsp3) is 0.150. The second kappa shape index (κ2) is 7.76. The van der Waals surface area contributed by atoms with Gasteiger partial charge in [0, 0.05) is 18.1 Å². The van der Waals surface area contributed by atoms with Crippen molar-refractivity contribution in [2.24, 2.45) is 0 Å². The van der Waals surface area contributed by atoms with Gasteiger partial charge in [-0.25, -0.2) is 23.4 Å². The number of nitrogens with zero attached hydrogens (tertiary/aromatic N) is 4. The van der Waals surface area contributed by atoms with Gasteiger partial charge >= 0.3 is 0 Å². The largest absolute Gasteiger partial charge is 0.350 e. The Hall–Kier alpha value is -3.04. The number of hydrogen-bond acceptors (Lipinski definition) is 7. The highest BCUT2D eigenvalue weighted by atomic mass is 32.2. The minimum absolute atomic E-state index is 0.166. The molecular weight excluding hydrogens is 406 g/mol. The second-order valence-electron chi connectivity index (χ2n) is 6.54. The van der Waals surface area contributed by atoms with Crippen molar-refractivity contribution < 1.29 is 8.42 Å². The average Bonchev–Trinajstić information content (AvgIpc) is 3.12. The molecule has 0 spiro atoms. The van der Waals surface area contributed by atoms with Gasteiger partial charge in [-0.15, -0.1) is 11.3 Å². The van der Waals surface area contributed by atoms with E-state index in [1.54, 1.807) is 47.7 Å². The molecule has 0 saturated carbocycles. The summed E-state index contributed by atoms with van der Waals surface area (Å²) in [5.41, 5.74) is 2.25. The van der Waals surface area contributed by atoms with Crippen LogP contribution < -0.4 is 9.62 Å². The molecule has 0 amide bonds. The summed E-state index contributed by atoms with van der Waals surface area (Å²) in [4.78, 5) is 15.7. The van der Waals surface area contributed by atoms with E-state index in [1.807, 2.05) is 42.5 Å². The molecule has 4 aromatic rings. The number of anilines is 2. The third-order valence-electron chi connectivity index (χ3n) is 4.24. The first kappa shape index (κ1) is 19.3. The van der Waals surface area contributed by atoms with Crippen LogP contribution in [0, 0.1) is 6.92 Å². The fourth-order valence-electron chi connectivity index (χ4n) is 2.86. The summed E-state index contributed by atoms with van der Waals surface area (Å²) in [6.45, 7) is 2.43. The second-order valence-corrected chi connectivity index (χ2v) is 9.17. The van der Waals surface area contributed by atoms with E-state index in [0.717, 1.165) is 10.7 Å². The van der Waals surface area contributed by atoms with Crippen LogP contribution in [0.5, 0.6) is 0 Å². The van der Waals surface area contributed by atoms with E-state index in [-0.39, 0.29) is 10.7 Å². The van der Waals surface area contributed by atoms with E-state index in [4.69, 9.17) is 0 Å². The Kier molecular flexibility index (Phi) is 5.16. The van der Waals surface area contributed by atoms with E-state index < -0.39 is 10.0 Å². The van der Waals surface area contributed by atoms with Crippen LogP contribution in [0.4, 0.5) is 11.6 Å². The number of sulfonamides is 1. The maximum absolute atomic E-state index is 12.9. The summed E-state index contributed by atoms with van der Waals surface area (Å²) in [7, 11) is -1.96. The van der Waals surface area contributed by atoms with Gasteiger partial charge in [0.2, 0.25) is 0 Å². The number of hydrogen-bond donors (Lipinski definition) is 1. The molecule has 4 rings (SSSR count). The first-order valence-electron chi connectivity index (χ1n) is 8.89. The van der Waals surface area contributed by atoms with Gasteiger partial charge in [0.25, 0.3) is 10.0 Å². The van der Waals surface area contributed by atoms with E-state index in [1.165, 1.54) is 0 Å². The lowest BCUT2D eigenvalue weighted by Crippen LogP contribution is -2.22. The summed E-state index contributed by atoms with van der Waals surface area (Å²) >= 11 is 1.55. The predicted molar refractivity (Wildman–Crippen MR) is 116 cm³/mol. The molecule has 2 heterocycles. The van der Waals surface area contributed by atoms with Gasteiger partial charge in [0.15, 0.2) is 11.6 Å². The quantitative estimate of drug-likeness (QED) is 0.505. The highest BCUT2D eigenvalue weighted by molar-refractivity contribution is 7.92. The highest BCUT2D eigenvalue weighted by Gasteiger charge is 2.21. The number of nitrogens with one attached hydrogen (secondary N) is 1. The summed E-state index contributed by atoms with van der Waals surface area (Å²) in [6, 6.07) is 15.6. The molecule has 2 aromatic heterocycles. The first-order valence-corrected chi connectivity index (χ1v) is 11.3. The minimum atomic E-state index is -3.80. The van der Waals surface area contributed by atoms with E-state index >= 15 is 0 Å². The van der Waals surface area contributed by atoms with Crippen LogP contribution >= 0.6 is 11.3 Å². The summed E-state index contributed by atoms with van der Waals surface area (Å²) in [6.07, 6.45) is 0. The van der Waals surface area contributed by atoms with Crippen LogP contribution in [0.15, 0.2) is 64.9 Å². The molecule has 29 heavy (non-hydrogen) atoms. The van der Waals surface area contributed by atoms with Crippen molar-refractivity contribution in [3.63, 3.8) is 0 Å². The third kappa shape index (κ3) is 4.20. The molecule has 148 valence electrons.